The molecule has 0 radical (unpaired) electrons. The molecule has 7 rings (SSSR count). The first-order chi connectivity index (χ1) is 21.2. The summed E-state index contributed by atoms with van der Waals surface area (Å²) >= 11 is 0. The van der Waals surface area contributed by atoms with Gasteiger partial charge in [0.2, 0.25) is 0 Å². The van der Waals surface area contributed by atoms with Gasteiger partial charge in [-0.3, -0.25) is 0 Å². The van der Waals surface area contributed by atoms with Crippen molar-refractivity contribution in [3.63, 3.8) is 0 Å². The maximum Gasteiger partial charge on any atom is 0.182 e. The summed E-state index contributed by atoms with van der Waals surface area (Å²) in [6.45, 7) is 4.54. The fourth-order valence-electron chi connectivity index (χ4n) is 7.04. The lowest BCUT2D eigenvalue weighted by molar-refractivity contribution is 1.43. The molecule has 1 heterocycles. The fourth-order valence-corrected chi connectivity index (χ4v) is 12.8. The van der Waals surface area contributed by atoms with Crippen LogP contribution in [0.15, 0.2) is 170 Å². The molecule has 0 aliphatic carbocycles. The number of rotatable bonds is 6. The van der Waals surface area contributed by atoms with E-state index in [1.807, 2.05) is 0 Å². The second kappa shape index (κ2) is 11.4. The van der Waals surface area contributed by atoms with Crippen LogP contribution in [-0.2, 0) is 0 Å². The summed E-state index contributed by atoms with van der Waals surface area (Å²) in [5, 5.41) is 5.73. The Kier molecular flexibility index (Phi) is 7.10. The van der Waals surface area contributed by atoms with Crippen molar-refractivity contribution in [2.24, 2.45) is 0 Å². The van der Waals surface area contributed by atoms with Crippen LogP contribution in [0.3, 0.4) is 0 Å². The molecule has 0 aromatic heterocycles. The standard InChI is InChI=1S/C42H34Si/c1-31-19-15-17-29-37(31)41-39(33-21-7-3-8-22-33)40(34-23-9-4-10-24-34)42(38-30-18-16-20-32(38)2)43(41,35-25-11-5-12-26-35)36-27-13-6-14-28-36/h3-30H,1-2H3. The predicted octanol–water partition coefficient (Wildman–Crippen LogP) is 9.18. The van der Waals surface area contributed by atoms with Crippen molar-refractivity contribution in [2.75, 3.05) is 0 Å². The third-order valence-electron chi connectivity index (χ3n) is 8.87. The summed E-state index contributed by atoms with van der Waals surface area (Å²) in [5.41, 5.74) is 10.5. The number of allylic oxidation sites excluding steroid dienone is 2. The molecular formula is C42H34Si. The van der Waals surface area contributed by atoms with Gasteiger partial charge in [-0.05, 0) is 79.1 Å². The molecule has 0 fully saturated rings. The molecule has 0 spiro atoms. The predicted molar refractivity (Wildman–Crippen MR) is 187 cm³/mol. The van der Waals surface area contributed by atoms with E-state index in [4.69, 9.17) is 0 Å². The second-order valence-electron chi connectivity index (χ2n) is 11.3. The van der Waals surface area contributed by atoms with E-state index in [2.05, 4.69) is 184 Å². The van der Waals surface area contributed by atoms with E-state index in [0.29, 0.717) is 0 Å². The van der Waals surface area contributed by atoms with Crippen LogP contribution in [-0.4, -0.2) is 8.07 Å². The molecule has 0 saturated carbocycles. The SMILES string of the molecule is Cc1ccccc1C1=C(c2ccccc2)C(c2ccccc2)=C(c2ccccc2C)[Si]1(c1ccccc1)c1ccccc1. The Morgan fingerprint density at radius 2 is 0.628 bits per heavy atom. The lowest BCUT2D eigenvalue weighted by Crippen LogP contribution is -2.59. The topological polar surface area (TPSA) is 0 Å². The molecule has 43 heavy (non-hydrogen) atoms. The number of aryl methyl sites for hydroxylation is 2. The quantitative estimate of drug-likeness (QED) is 0.176. The fraction of sp³-hybridized carbons (Fsp3) is 0.0476. The summed E-state index contributed by atoms with van der Waals surface area (Å²) in [6.07, 6.45) is 0. The number of hydrogen-bond donors (Lipinski definition) is 0. The molecule has 1 aliphatic rings. The van der Waals surface area contributed by atoms with Crippen LogP contribution in [0.4, 0.5) is 0 Å². The first kappa shape index (κ1) is 26.9. The highest BCUT2D eigenvalue weighted by Crippen LogP contribution is 2.56. The number of hydrogen-bond acceptors (Lipinski definition) is 0. The van der Waals surface area contributed by atoms with Crippen LogP contribution in [0.25, 0.3) is 21.5 Å². The Balaban J connectivity index is 1.81. The van der Waals surface area contributed by atoms with Crippen molar-refractivity contribution in [1.29, 1.82) is 0 Å². The molecule has 6 aromatic rings. The average molecular weight is 567 g/mol. The van der Waals surface area contributed by atoms with Crippen LogP contribution in [0.1, 0.15) is 33.4 Å². The molecule has 1 heteroatoms. The summed E-state index contributed by atoms with van der Waals surface area (Å²) in [7, 11) is -2.92. The Morgan fingerprint density at radius 3 is 0.977 bits per heavy atom. The van der Waals surface area contributed by atoms with Crippen molar-refractivity contribution in [2.45, 2.75) is 13.8 Å². The zero-order valence-corrected chi connectivity index (χ0v) is 25.7. The van der Waals surface area contributed by atoms with E-state index in [1.54, 1.807) is 0 Å². The monoisotopic (exact) mass is 566 g/mol. The third kappa shape index (κ3) is 4.45. The van der Waals surface area contributed by atoms with Gasteiger partial charge in [0.1, 0.15) is 0 Å². The van der Waals surface area contributed by atoms with Crippen LogP contribution in [0.5, 0.6) is 0 Å². The van der Waals surface area contributed by atoms with Gasteiger partial charge in [-0.1, -0.05) is 170 Å². The van der Waals surface area contributed by atoms with Crippen molar-refractivity contribution >= 4 is 40.0 Å². The molecule has 206 valence electrons. The van der Waals surface area contributed by atoms with Crippen LogP contribution < -0.4 is 10.4 Å². The molecular weight excluding hydrogens is 533 g/mol. The third-order valence-corrected chi connectivity index (χ3v) is 13.8. The molecule has 0 atom stereocenters. The zero-order chi connectivity index (χ0) is 29.2. The lowest BCUT2D eigenvalue weighted by Gasteiger charge is -2.37. The Bertz CT molecular complexity index is 1800. The minimum Gasteiger partial charge on any atom is -0.0623 e. The normalized spacial score (nSPS) is 14.3. The molecule has 0 amide bonds. The molecule has 0 bridgehead atoms. The highest BCUT2D eigenvalue weighted by Gasteiger charge is 2.53. The highest BCUT2D eigenvalue weighted by molar-refractivity contribution is 7.29. The Labute approximate surface area is 256 Å². The molecule has 0 saturated heterocycles. The summed E-state index contributed by atoms with van der Waals surface area (Å²) in [4.78, 5) is 0. The van der Waals surface area contributed by atoms with Gasteiger partial charge in [0, 0.05) is 0 Å². The van der Waals surface area contributed by atoms with E-state index < -0.39 is 8.07 Å². The smallest absolute Gasteiger partial charge is 0.0623 e. The van der Waals surface area contributed by atoms with E-state index in [1.165, 1.54) is 65.3 Å². The van der Waals surface area contributed by atoms with Crippen molar-refractivity contribution < 1.29 is 0 Å². The van der Waals surface area contributed by atoms with Crippen molar-refractivity contribution in [3.8, 4) is 0 Å². The summed E-state index contributed by atoms with van der Waals surface area (Å²) < 4.78 is 0. The lowest BCUT2D eigenvalue weighted by atomic mass is 9.88. The molecule has 0 N–H and O–H groups in total. The second-order valence-corrected chi connectivity index (χ2v) is 15.0. The summed E-state index contributed by atoms with van der Waals surface area (Å²) in [5.74, 6) is 0. The average Bonchev–Trinajstić information content (AvgIpc) is 3.39. The Hall–Kier alpha value is -4.98. The highest BCUT2D eigenvalue weighted by atomic mass is 28.3. The minimum atomic E-state index is -2.92. The Morgan fingerprint density at radius 1 is 0.326 bits per heavy atom. The van der Waals surface area contributed by atoms with Gasteiger partial charge in [-0.25, -0.2) is 0 Å². The van der Waals surface area contributed by atoms with Gasteiger partial charge in [0.25, 0.3) is 0 Å². The van der Waals surface area contributed by atoms with E-state index in [9.17, 15) is 0 Å². The molecule has 0 unspecified atom stereocenters. The first-order valence-corrected chi connectivity index (χ1v) is 17.0. The van der Waals surface area contributed by atoms with Crippen LogP contribution in [0, 0.1) is 13.8 Å². The van der Waals surface area contributed by atoms with Crippen LogP contribution in [0.2, 0.25) is 0 Å². The molecule has 0 nitrogen and oxygen atoms in total. The minimum absolute atomic E-state index is 1.26. The largest absolute Gasteiger partial charge is 0.182 e. The van der Waals surface area contributed by atoms with Gasteiger partial charge in [-0.15, -0.1) is 0 Å². The maximum atomic E-state index is 2.38. The van der Waals surface area contributed by atoms with E-state index in [0.717, 1.165) is 0 Å². The zero-order valence-electron chi connectivity index (χ0n) is 24.7. The number of benzene rings is 6. The van der Waals surface area contributed by atoms with Crippen LogP contribution >= 0.6 is 0 Å². The van der Waals surface area contributed by atoms with Gasteiger partial charge in [0.05, 0.1) is 0 Å². The first-order valence-electron chi connectivity index (χ1n) is 15.0. The van der Waals surface area contributed by atoms with Gasteiger partial charge < -0.3 is 0 Å². The molecule has 1 aliphatic heterocycles. The van der Waals surface area contributed by atoms with Gasteiger partial charge in [0.15, 0.2) is 8.07 Å². The molecule has 6 aromatic carbocycles. The van der Waals surface area contributed by atoms with E-state index >= 15 is 0 Å². The maximum absolute atomic E-state index is 2.92. The summed E-state index contributed by atoms with van der Waals surface area (Å²) in [6, 6.07) is 62.9. The van der Waals surface area contributed by atoms with Crippen molar-refractivity contribution in [3.05, 3.63) is 203 Å². The van der Waals surface area contributed by atoms with Gasteiger partial charge in [-0.2, -0.15) is 0 Å². The van der Waals surface area contributed by atoms with Gasteiger partial charge >= 0.3 is 0 Å². The van der Waals surface area contributed by atoms with Crippen molar-refractivity contribution in [1.82, 2.24) is 0 Å². The van der Waals surface area contributed by atoms with E-state index in [-0.39, 0.29) is 0 Å².